The molecule has 4 heteroatoms. The Labute approximate surface area is 105 Å². The van der Waals surface area contributed by atoms with Gasteiger partial charge in [-0.25, -0.2) is 13.8 Å². The Kier molecular flexibility index (Phi) is 3.45. The van der Waals surface area contributed by atoms with E-state index in [0.717, 1.165) is 17.7 Å². The lowest BCUT2D eigenvalue weighted by Gasteiger charge is -2.14. The Hall–Kier alpha value is -1.71. The van der Waals surface area contributed by atoms with Crippen LogP contribution in [0.5, 0.6) is 0 Å². The van der Waals surface area contributed by atoms with Crippen LogP contribution in [0.2, 0.25) is 0 Å². The van der Waals surface area contributed by atoms with Gasteiger partial charge in [-0.3, -0.25) is 0 Å². The fourth-order valence-electron chi connectivity index (χ4n) is 1.96. The maximum Gasteiger partial charge on any atom is 0.149 e. The Morgan fingerprint density at radius 2 is 1.89 bits per heavy atom. The van der Waals surface area contributed by atoms with Crippen LogP contribution in [-0.2, 0) is 0 Å². The van der Waals surface area contributed by atoms with E-state index >= 15 is 0 Å². The highest BCUT2D eigenvalue weighted by atomic mass is 19.1. The van der Waals surface area contributed by atoms with Gasteiger partial charge in [-0.2, -0.15) is 0 Å². The largest absolute Gasteiger partial charge is 0.370 e. The summed E-state index contributed by atoms with van der Waals surface area (Å²) in [6.45, 7) is 6.63. The zero-order valence-corrected chi connectivity index (χ0v) is 10.7. The van der Waals surface area contributed by atoms with E-state index < -0.39 is 11.6 Å². The number of rotatable bonds is 3. The molecule has 1 aromatic heterocycles. The van der Waals surface area contributed by atoms with Crippen molar-refractivity contribution in [2.24, 2.45) is 0 Å². The molecule has 2 nitrogen and oxygen atoms in total. The van der Waals surface area contributed by atoms with Crippen molar-refractivity contribution in [3.05, 3.63) is 35.4 Å². The number of hydrogen-bond donors (Lipinski definition) is 1. The average Bonchev–Trinajstić information content (AvgIpc) is 2.34. The van der Waals surface area contributed by atoms with E-state index in [1.807, 2.05) is 20.8 Å². The van der Waals surface area contributed by atoms with Gasteiger partial charge < -0.3 is 5.32 Å². The van der Waals surface area contributed by atoms with Crippen LogP contribution in [0.4, 0.5) is 14.6 Å². The molecule has 0 bridgehead atoms. The summed E-state index contributed by atoms with van der Waals surface area (Å²) in [5.41, 5.74) is 0.976. The highest BCUT2D eigenvalue weighted by Gasteiger charge is 2.14. The van der Waals surface area contributed by atoms with Crippen molar-refractivity contribution in [1.82, 2.24) is 4.98 Å². The monoisotopic (exact) mass is 250 g/mol. The zero-order valence-electron chi connectivity index (χ0n) is 10.7. The van der Waals surface area contributed by atoms with Gasteiger partial charge in [0.25, 0.3) is 0 Å². The van der Waals surface area contributed by atoms with Crippen LogP contribution in [0.15, 0.2) is 18.2 Å². The molecule has 18 heavy (non-hydrogen) atoms. The van der Waals surface area contributed by atoms with Crippen LogP contribution < -0.4 is 5.32 Å². The van der Waals surface area contributed by atoms with Crippen molar-refractivity contribution in [2.75, 3.05) is 11.9 Å². The van der Waals surface area contributed by atoms with Gasteiger partial charge >= 0.3 is 0 Å². The van der Waals surface area contributed by atoms with Crippen molar-refractivity contribution in [1.29, 1.82) is 0 Å². The molecular weight excluding hydrogens is 234 g/mol. The highest BCUT2D eigenvalue weighted by molar-refractivity contribution is 5.83. The topological polar surface area (TPSA) is 24.9 Å². The van der Waals surface area contributed by atoms with E-state index in [4.69, 9.17) is 0 Å². The van der Waals surface area contributed by atoms with Gasteiger partial charge in [0.2, 0.25) is 0 Å². The Bertz CT molecular complexity index is 580. The van der Waals surface area contributed by atoms with Gasteiger partial charge in [0.15, 0.2) is 0 Å². The molecule has 1 aromatic carbocycles. The predicted molar refractivity (Wildman–Crippen MR) is 69.9 cm³/mol. The van der Waals surface area contributed by atoms with Crippen molar-refractivity contribution in [2.45, 2.75) is 26.7 Å². The number of nitrogens with one attached hydrogen (secondary N) is 1. The molecule has 0 saturated carbocycles. The van der Waals surface area contributed by atoms with E-state index in [9.17, 15) is 8.78 Å². The summed E-state index contributed by atoms with van der Waals surface area (Å²) in [6.07, 6.45) is 0. The third kappa shape index (κ3) is 2.15. The summed E-state index contributed by atoms with van der Waals surface area (Å²) < 4.78 is 27.4. The number of anilines is 1. The molecule has 0 aliphatic heterocycles. The number of aromatic nitrogens is 1. The van der Waals surface area contributed by atoms with Crippen LogP contribution in [0.3, 0.4) is 0 Å². The number of benzene rings is 1. The number of pyridine rings is 1. The summed E-state index contributed by atoms with van der Waals surface area (Å²) in [5.74, 6) is -0.118. The molecule has 96 valence electrons. The summed E-state index contributed by atoms with van der Waals surface area (Å²) in [4.78, 5) is 4.22. The van der Waals surface area contributed by atoms with Gasteiger partial charge in [0.05, 0.1) is 0 Å². The van der Waals surface area contributed by atoms with E-state index in [0.29, 0.717) is 12.4 Å². The van der Waals surface area contributed by atoms with E-state index in [2.05, 4.69) is 10.3 Å². The number of halogens is 2. The first-order valence-electron chi connectivity index (χ1n) is 6.07. The molecular formula is C14H16F2N2. The summed E-state index contributed by atoms with van der Waals surface area (Å²) >= 11 is 0. The van der Waals surface area contributed by atoms with Crippen molar-refractivity contribution < 1.29 is 8.78 Å². The second-order valence-corrected chi connectivity index (χ2v) is 4.54. The number of fused-ring (bicyclic) bond motifs is 1. The maximum absolute atomic E-state index is 13.7. The van der Waals surface area contributed by atoms with Crippen molar-refractivity contribution in [3.63, 3.8) is 0 Å². The summed E-state index contributed by atoms with van der Waals surface area (Å²) in [5, 5.41) is 3.33. The lowest BCUT2D eigenvalue weighted by Crippen LogP contribution is -2.06. The van der Waals surface area contributed by atoms with E-state index in [1.165, 1.54) is 0 Å². The molecule has 2 rings (SSSR count). The van der Waals surface area contributed by atoms with Crippen LogP contribution >= 0.6 is 0 Å². The summed E-state index contributed by atoms with van der Waals surface area (Å²) in [7, 11) is 0. The number of nitrogens with zero attached hydrogens (tertiary/aromatic N) is 1. The van der Waals surface area contributed by atoms with Crippen LogP contribution in [0.1, 0.15) is 32.3 Å². The zero-order chi connectivity index (χ0) is 13.3. The van der Waals surface area contributed by atoms with Crippen LogP contribution in [-0.4, -0.2) is 11.5 Å². The third-order valence-corrected chi connectivity index (χ3v) is 2.88. The molecule has 2 aromatic rings. The average molecular weight is 250 g/mol. The van der Waals surface area contributed by atoms with E-state index in [-0.39, 0.29) is 16.8 Å². The lowest BCUT2D eigenvalue weighted by atomic mass is 10.0. The van der Waals surface area contributed by atoms with E-state index in [1.54, 1.807) is 6.07 Å². The number of hydrogen-bond acceptors (Lipinski definition) is 2. The van der Waals surface area contributed by atoms with Crippen LogP contribution in [0.25, 0.3) is 10.9 Å². The van der Waals surface area contributed by atoms with Gasteiger partial charge in [-0.15, -0.1) is 0 Å². The minimum atomic E-state index is -0.499. The third-order valence-electron chi connectivity index (χ3n) is 2.88. The first-order chi connectivity index (χ1) is 8.54. The molecule has 0 fully saturated rings. The minimum absolute atomic E-state index is 0.0790. The molecule has 1 heterocycles. The quantitative estimate of drug-likeness (QED) is 0.888. The predicted octanol–water partition coefficient (Wildman–Crippen LogP) is 4.07. The Morgan fingerprint density at radius 3 is 2.50 bits per heavy atom. The molecule has 0 saturated heterocycles. The molecule has 0 aliphatic carbocycles. The first-order valence-corrected chi connectivity index (χ1v) is 6.07. The lowest BCUT2D eigenvalue weighted by molar-refractivity contribution is 0.615. The Morgan fingerprint density at radius 1 is 1.22 bits per heavy atom. The fraction of sp³-hybridized carbons (Fsp3) is 0.357. The molecule has 0 atom stereocenters. The van der Waals surface area contributed by atoms with Gasteiger partial charge in [-0.05, 0) is 36.6 Å². The summed E-state index contributed by atoms with van der Waals surface area (Å²) in [6, 6.07) is 3.93. The molecule has 0 amide bonds. The second kappa shape index (κ2) is 4.88. The molecule has 0 spiro atoms. The van der Waals surface area contributed by atoms with Gasteiger partial charge in [0, 0.05) is 11.9 Å². The SMILES string of the molecule is CCNc1nc2c(F)ccc(F)c2cc1C(C)C. The smallest absolute Gasteiger partial charge is 0.149 e. The van der Waals surface area contributed by atoms with Crippen molar-refractivity contribution >= 4 is 16.7 Å². The maximum atomic E-state index is 13.7. The molecule has 0 aliphatic rings. The van der Waals surface area contributed by atoms with Gasteiger partial charge in [-0.1, -0.05) is 13.8 Å². The Balaban J connectivity index is 2.75. The normalized spacial score (nSPS) is 11.2. The standard InChI is InChI=1S/C14H16F2N2/c1-4-17-14-9(8(2)3)7-10-11(15)5-6-12(16)13(10)18-14/h5-8H,4H2,1-3H3,(H,17,18). The van der Waals surface area contributed by atoms with Crippen molar-refractivity contribution in [3.8, 4) is 0 Å². The minimum Gasteiger partial charge on any atom is -0.370 e. The highest BCUT2D eigenvalue weighted by Crippen LogP contribution is 2.29. The first kappa shape index (κ1) is 12.7. The van der Waals surface area contributed by atoms with Gasteiger partial charge in [0.1, 0.15) is 23.0 Å². The fourth-order valence-corrected chi connectivity index (χ4v) is 1.96. The molecule has 1 N–H and O–H groups in total. The van der Waals surface area contributed by atoms with Crippen LogP contribution in [0, 0.1) is 11.6 Å². The molecule has 0 radical (unpaired) electrons. The second-order valence-electron chi connectivity index (χ2n) is 4.54. The molecule has 0 unspecified atom stereocenters.